The molecule has 122 valence electrons. The standard InChI is InChI=1S/C19H25N3O/c1-14(2)19-16-9-4-5-10-17(16)20-18(21-19)13-22(3)12-15-8-6-7-11-23-15/h4-5,7,9-11,14-15H,6,8,12-13H2,1-3H3. The Labute approximate surface area is 138 Å². The number of nitrogens with zero attached hydrogens (tertiary/aromatic N) is 3. The van der Waals surface area contributed by atoms with Crippen LogP contribution < -0.4 is 0 Å². The van der Waals surface area contributed by atoms with Gasteiger partial charge in [-0.15, -0.1) is 0 Å². The Bertz CT molecular complexity index is 696. The topological polar surface area (TPSA) is 38.2 Å². The van der Waals surface area contributed by atoms with Gasteiger partial charge in [-0.05, 0) is 37.9 Å². The van der Waals surface area contributed by atoms with Crippen LogP contribution in [0.15, 0.2) is 36.6 Å². The van der Waals surface area contributed by atoms with Crippen molar-refractivity contribution in [1.29, 1.82) is 0 Å². The average molecular weight is 311 g/mol. The van der Waals surface area contributed by atoms with Crippen molar-refractivity contribution < 1.29 is 4.74 Å². The fourth-order valence-corrected chi connectivity index (χ4v) is 3.03. The van der Waals surface area contributed by atoms with Gasteiger partial charge in [0, 0.05) is 11.9 Å². The van der Waals surface area contributed by atoms with E-state index < -0.39 is 0 Å². The predicted molar refractivity (Wildman–Crippen MR) is 93.2 cm³/mol. The minimum atomic E-state index is 0.273. The number of benzene rings is 1. The first-order valence-electron chi connectivity index (χ1n) is 8.38. The second-order valence-corrected chi connectivity index (χ2v) is 6.60. The number of hydrogen-bond donors (Lipinski definition) is 0. The molecular weight excluding hydrogens is 286 g/mol. The van der Waals surface area contributed by atoms with E-state index in [1.807, 2.05) is 12.3 Å². The van der Waals surface area contributed by atoms with Gasteiger partial charge in [0.15, 0.2) is 0 Å². The number of aromatic nitrogens is 2. The van der Waals surface area contributed by atoms with Crippen LogP contribution in [0.2, 0.25) is 0 Å². The smallest absolute Gasteiger partial charge is 0.143 e. The summed E-state index contributed by atoms with van der Waals surface area (Å²) in [6, 6.07) is 8.27. The third-order valence-corrected chi connectivity index (χ3v) is 4.18. The molecule has 0 N–H and O–H groups in total. The molecule has 0 spiro atoms. The van der Waals surface area contributed by atoms with E-state index in [4.69, 9.17) is 14.7 Å². The van der Waals surface area contributed by atoms with E-state index in [2.05, 4.69) is 50.1 Å². The molecule has 2 heterocycles. The van der Waals surface area contributed by atoms with Crippen molar-refractivity contribution in [1.82, 2.24) is 14.9 Å². The fourth-order valence-electron chi connectivity index (χ4n) is 3.03. The highest BCUT2D eigenvalue weighted by molar-refractivity contribution is 5.81. The van der Waals surface area contributed by atoms with Gasteiger partial charge in [-0.2, -0.15) is 0 Å². The van der Waals surface area contributed by atoms with Gasteiger partial charge in [0.05, 0.1) is 24.0 Å². The van der Waals surface area contributed by atoms with Crippen LogP contribution in [0.5, 0.6) is 0 Å². The lowest BCUT2D eigenvalue weighted by atomic mass is 10.0. The number of hydrogen-bond acceptors (Lipinski definition) is 4. The van der Waals surface area contributed by atoms with Gasteiger partial charge in [0.25, 0.3) is 0 Å². The summed E-state index contributed by atoms with van der Waals surface area (Å²) in [5.41, 5.74) is 2.17. The molecule has 1 atom stereocenters. The summed E-state index contributed by atoms with van der Waals surface area (Å²) in [6.45, 7) is 6.01. The number of ether oxygens (including phenoxy) is 1. The maximum atomic E-state index is 5.66. The molecule has 0 saturated heterocycles. The van der Waals surface area contributed by atoms with Crippen molar-refractivity contribution in [2.45, 2.75) is 45.3 Å². The minimum absolute atomic E-state index is 0.273. The summed E-state index contributed by atoms with van der Waals surface area (Å²) in [5, 5.41) is 1.16. The Balaban J connectivity index is 1.78. The Kier molecular flexibility index (Phi) is 4.91. The Morgan fingerprint density at radius 3 is 2.83 bits per heavy atom. The Morgan fingerprint density at radius 2 is 2.09 bits per heavy atom. The first-order valence-corrected chi connectivity index (χ1v) is 8.38. The zero-order valence-electron chi connectivity index (χ0n) is 14.2. The Morgan fingerprint density at radius 1 is 1.26 bits per heavy atom. The monoisotopic (exact) mass is 311 g/mol. The number of para-hydroxylation sites is 1. The molecule has 1 aromatic heterocycles. The molecule has 23 heavy (non-hydrogen) atoms. The number of rotatable bonds is 5. The van der Waals surface area contributed by atoms with Crippen molar-refractivity contribution in [2.75, 3.05) is 13.6 Å². The van der Waals surface area contributed by atoms with Gasteiger partial charge < -0.3 is 4.74 Å². The minimum Gasteiger partial charge on any atom is -0.497 e. The highest BCUT2D eigenvalue weighted by atomic mass is 16.5. The van der Waals surface area contributed by atoms with Gasteiger partial charge in [0.1, 0.15) is 11.9 Å². The lowest BCUT2D eigenvalue weighted by molar-refractivity contribution is 0.0852. The zero-order valence-corrected chi connectivity index (χ0v) is 14.2. The second-order valence-electron chi connectivity index (χ2n) is 6.60. The molecule has 0 aliphatic carbocycles. The molecule has 0 fully saturated rings. The van der Waals surface area contributed by atoms with Gasteiger partial charge >= 0.3 is 0 Å². The van der Waals surface area contributed by atoms with Crippen molar-refractivity contribution in [3.63, 3.8) is 0 Å². The van der Waals surface area contributed by atoms with E-state index in [0.717, 1.165) is 48.4 Å². The average Bonchev–Trinajstić information content (AvgIpc) is 2.54. The number of allylic oxidation sites excluding steroid dienone is 1. The molecule has 0 amide bonds. The van der Waals surface area contributed by atoms with Crippen LogP contribution in [0.1, 0.15) is 44.1 Å². The molecule has 1 unspecified atom stereocenters. The maximum Gasteiger partial charge on any atom is 0.143 e. The number of likely N-dealkylation sites (N-methyl/N-ethyl adjacent to an activating group) is 1. The third-order valence-electron chi connectivity index (χ3n) is 4.18. The quantitative estimate of drug-likeness (QED) is 0.840. The van der Waals surface area contributed by atoms with Crippen molar-refractivity contribution in [3.8, 4) is 0 Å². The molecule has 4 nitrogen and oxygen atoms in total. The van der Waals surface area contributed by atoms with E-state index in [1.165, 1.54) is 0 Å². The SMILES string of the molecule is CC(C)c1nc(CN(C)CC2CCC=CO2)nc2ccccc12. The van der Waals surface area contributed by atoms with Crippen LogP contribution >= 0.6 is 0 Å². The van der Waals surface area contributed by atoms with Gasteiger partial charge in [-0.1, -0.05) is 32.0 Å². The highest BCUT2D eigenvalue weighted by Crippen LogP contribution is 2.23. The summed E-state index contributed by atoms with van der Waals surface area (Å²) < 4.78 is 5.66. The van der Waals surface area contributed by atoms with Gasteiger partial charge in [-0.25, -0.2) is 9.97 Å². The van der Waals surface area contributed by atoms with Crippen molar-refractivity contribution in [2.24, 2.45) is 0 Å². The predicted octanol–water partition coefficient (Wildman–Crippen LogP) is 3.88. The van der Waals surface area contributed by atoms with Crippen molar-refractivity contribution >= 4 is 10.9 Å². The van der Waals surface area contributed by atoms with Crippen LogP contribution in [-0.2, 0) is 11.3 Å². The zero-order chi connectivity index (χ0) is 16.2. The van der Waals surface area contributed by atoms with Crippen LogP contribution in [0.3, 0.4) is 0 Å². The van der Waals surface area contributed by atoms with Gasteiger partial charge in [0.2, 0.25) is 0 Å². The molecular formula is C19H25N3O. The third kappa shape index (κ3) is 3.88. The van der Waals surface area contributed by atoms with E-state index in [9.17, 15) is 0 Å². The van der Waals surface area contributed by atoms with Crippen LogP contribution in [0.25, 0.3) is 10.9 Å². The summed E-state index contributed by atoms with van der Waals surface area (Å²) in [4.78, 5) is 11.8. The lowest BCUT2D eigenvalue weighted by Gasteiger charge is -2.25. The molecule has 4 heteroatoms. The summed E-state index contributed by atoms with van der Waals surface area (Å²) in [6.07, 6.45) is 6.36. The maximum absolute atomic E-state index is 5.66. The highest BCUT2D eigenvalue weighted by Gasteiger charge is 2.16. The first kappa shape index (κ1) is 15.9. The Hall–Kier alpha value is -1.94. The van der Waals surface area contributed by atoms with E-state index >= 15 is 0 Å². The first-order chi connectivity index (χ1) is 11.1. The molecule has 3 rings (SSSR count). The summed E-state index contributed by atoms with van der Waals surface area (Å²) in [7, 11) is 2.11. The van der Waals surface area contributed by atoms with E-state index in [0.29, 0.717) is 5.92 Å². The van der Waals surface area contributed by atoms with Crippen LogP contribution in [0.4, 0.5) is 0 Å². The second kappa shape index (κ2) is 7.09. The van der Waals surface area contributed by atoms with E-state index in [-0.39, 0.29) is 6.10 Å². The molecule has 0 saturated carbocycles. The van der Waals surface area contributed by atoms with Crippen LogP contribution in [0, 0.1) is 0 Å². The molecule has 1 aliphatic heterocycles. The summed E-state index contributed by atoms with van der Waals surface area (Å²) >= 11 is 0. The fraction of sp³-hybridized carbons (Fsp3) is 0.474. The molecule has 0 bridgehead atoms. The van der Waals surface area contributed by atoms with Crippen LogP contribution in [-0.4, -0.2) is 34.6 Å². The normalized spacial score (nSPS) is 17.9. The summed E-state index contributed by atoms with van der Waals surface area (Å²) in [5.74, 6) is 1.28. The number of fused-ring (bicyclic) bond motifs is 1. The molecule has 1 aliphatic rings. The molecule has 0 radical (unpaired) electrons. The van der Waals surface area contributed by atoms with Gasteiger partial charge in [-0.3, -0.25) is 4.90 Å². The molecule has 2 aromatic rings. The largest absolute Gasteiger partial charge is 0.497 e. The molecule has 1 aromatic carbocycles. The lowest BCUT2D eigenvalue weighted by Crippen LogP contribution is -2.31. The van der Waals surface area contributed by atoms with Crippen molar-refractivity contribution in [3.05, 3.63) is 48.1 Å². The van der Waals surface area contributed by atoms with E-state index in [1.54, 1.807) is 0 Å².